The second kappa shape index (κ2) is 8.94. The van der Waals surface area contributed by atoms with E-state index in [0.29, 0.717) is 30.7 Å². The lowest BCUT2D eigenvalue weighted by Crippen LogP contribution is -2.50. The molecular formula is C22H23N3O8. The molecule has 2 heterocycles. The number of rotatable bonds is 5. The van der Waals surface area contributed by atoms with Gasteiger partial charge >= 0.3 is 6.09 Å². The number of nitrogens with zero attached hydrogens (tertiary/aromatic N) is 3. The summed E-state index contributed by atoms with van der Waals surface area (Å²) in [4.78, 5) is 39.3. The van der Waals surface area contributed by atoms with E-state index in [4.69, 9.17) is 14.2 Å². The smallest absolute Gasteiger partial charge is 0.416 e. The highest BCUT2D eigenvalue weighted by Crippen LogP contribution is 2.41. The van der Waals surface area contributed by atoms with Gasteiger partial charge in [-0.1, -0.05) is 0 Å². The third-order valence-electron chi connectivity index (χ3n) is 5.87. The minimum absolute atomic E-state index is 0.0807. The van der Waals surface area contributed by atoms with E-state index in [9.17, 15) is 24.8 Å². The first-order chi connectivity index (χ1) is 15.8. The SMILES string of the molecule is COc1cc2c(cc1OC)N(C(=O)OCc1ccc([N+](=O)[O-])cc1)[C@@H](O)[C@@H]1CCCN1C2=O. The van der Waals surface area contributed by atoms with E-state index < -0.39 is 23.3 Å². The van der Waals surface area contributed by atoms with Crippen LogP contribution in [0.4, 0.5) is 16.2 Å². The molecule has 2 amide bonds. The molecule has 0 bridgehead atoms. The van der Waals surface area contributed by atoms with Crippen LogP contribution >= 0.6 is 0 Å². The zero-order valence-electron chi connectivity index (χ0n) is 18.1. The van der Waals surface area contributed by atoms with Gasteiger partial charge in [-0.2, -0.15) is 0 Å². The van der Waals surface area contributed by atoms with Crippen LogP contribution < -0.4 is 14.4 Å². The topological polar surface area (TPSA) is 132 Å². The normalized spacial score (nSPS) is 19.4. The first-order valence-electron chi connectivity index (χ1n) is 10.3. The summed E-state index contributed by atoms with van der Waals surface area (Å²) < 4.78 is 16.1. The van der Waals surface area contributed by atoms with Crippen molar-refractivity contribution in [3.8, 4) is 11.5 Å². The van der Waals surface area contributed by atoms with Gasteiger partial charge in [0.05, 0.1) is 36.4 Å². The van der Waals surface area contributed by atoms with Gasteiger partial charge in [-0.05, 0) is 36.6 Å². The van der Waals surface area contributed by atoms with E-state index in [1.165, 1.54) is 50.6 Å². The van der Waals surface area contributed by atoms with Crippen molar-refractivity contribution in [1.82, 2.24) is 4.90 Å². The number of non-ortho nitro benzene ring substituents is 1. The van der Waals surface area contributed by atoms with Crippen molar-refractivity contribution < 1.29 is 33.8 Å². The number of methoxy groups -OCH3 is 2. The van der Waals surface area contributed by atoms with Gasteiger partial charge in [0.25, 0.3) is 11.6 Å². The third kappa shape index (κ3) is 4.02. The summed E-state index contributed by atoms with van der Waals surface area (Å²) in [6, 6.07) is 7.94. The number of hydrogen-bond acceptors (Lipinski definition) is 8. The Balaban J connectivity index is 1.68. The molecule has 33 heavy (non-hydrogen) atoms. The van der Waals surface area contributed by atoms with Crippen molar-refractivity contribution in [3.63, 3.8) is 0 Å². The Hall–Kier alpha value is -3.86. The molecule has 11 nitrogen and oxygen atoms in total. The Bertz CT molecular complexity index is 1090. The predicted octanol–water partition coefficient (Wildman–Crippen LogP) is 2.69. The molecule has 1 N–H and O–H groups in total. The maximum atomic E-state index is 13.3. The van der Waals surface area contributed by atoms with E-state index in [1.54, 1.807) is 4.90 Å². The molecule has 0 spiro atoms. The summed E-state index contributed by atoms with van der Waals surface area (Å²) in [5.41, 5.74) is 0.781. The molecule has 0 saturated carbocycles. The van der Waals surface area contributed by atoms with Gasteiger partial charge in [0, 0.05) is 24.7 Å². The van der Waals surface area contributed by atoms with Gasteiger partial charge in [0.15, 0.2) is 17.7 Å². The number of anilines is 1. The lowest BCUT2D eigenvalue weighted by Gasteiger charge is -2.31. The molecule has 1 saturated heterocycles. The summed E-state index contributed by atoms with van der Waals surface area (Å²) in [5, 5.41) is 21.9. The molecule has 11 heteroatoms. The summed E-state index contributed by atoms with van der Waals surface area (Å²) in [5.74, 6) is 0.278. The van der Waals surface area contributed by atoms with Crippen LogP contribution in [0.25, 0.3) is 0 Å². The van der Waals surface area contributed by atoms with Gasteiger partial charge < -0.3 is 24.2 Å². The van der Waals surface area contributed by atoms with Gasteiger partial charge in [0.2, 0.25) is 0 Å². The van der Waals surface area contributed by atoms with Crippen LogP contribution in [0.1, 0.15) is 28.8 Å². The lowest BCUT2D eigenvalue weighted by molar-refractivity contribution is -0.384. The molecular weight excluding hydrogens is 434 g/mol. The molecule has 2 aromatic carbocycles. The number of benzene rings is 2. The van der Waals surface area contributed by atoms with E-state index in [-0.39, 0.29) is 35.2 Å². The molecule has 0 unspecified atom stereocenters. The largest absolute Gasteiger partial charge is 0.493 e. The van der Waals surface area contributed by atoms with Gasteiger partial charge in [-0.3, -0.25) is 14.9 Å². The van der Waals surface area contributed by atoms with Crippen molar-refractivity contribution in [2.24, 2.45) is 0 Å². The average molecular weight is 457 g/mol. The van der Waals surface area contributed by atoms with Crippen LogP contribution in [0.2, 0.25) is 0 Å². The molecule has 2 atom stereocenters. The van der Waals surface area contributed by atoms with Crippen molar-refractivity contribution in [2.75, 3.05) is 25.7 Å². The highest BCUT2D eigenvalue weighted by Gasteiger charge is 2.45. The number of amides is 2. The van der Waals surface area contributed by atoms with Crippen LogP contribution in [-0.2, 0) is 11.3 Å². The molecule has 0 radical (unpaired) electrons. The summed E-state index contributed by atoms with van der Waals surface area (Å²) in [7, 11) is 2.86. The van der Waals surface area contributed by atoms with E-state index in [1.807, 2.05) is 0 Å². The Morgan fingerprint density at radius 3 is 2.48 bits per heavy atom. The summed E-state index contributed by atoms with van der Waals surface area (Å²) >= 11 is 0. The van der Waals surface area contributed by atoms with Crippen molar-refractivity contribution in [1.29, 1.82) is 0 Å². The van der Waals surface area contributed by atoms with Crippen LogP contribution in [0.5, 0.6) is 11.5 Å². The molecule has 2 aliphatic rings. The average Bonchev–Trinajstić information content (AvgIpc) is 3.29. The first kappa shape index (κ1) is 22.3. The fraction of sp³-hybridized carbons (Fsp3) is 0.364. The number of aliphatic hydroxyl groups excluding tert-OH is 1. The number of nitro benzene ring substituents is 1. The molecule has 174 valence electrons. The molecule has 0 aromatic heterocycles. The van der Waals surface area contributed by atoms with Crippen LogP contribution in [0.15, 0.2) is 36.4 Å². The monoisotopic (exact) mass is 457 g/mol. The molecule has 2 aromatic rings. The number of aliphatic hydroxyl groups is 1. The molecule has 2 aliphatic heterocycles. The Kier molecular flexibility index (Phi) is 6.05. The summed E-state index contributed by atoms with van der Waals surface area (Å²) in [6.45, 7) is 0.283. The molecule has 4 rings (SSSR count). The fourth-order valence-corrected chi connectivity index (χ4v) is 4.20. The van der Waals surface area contributed by atoms with Crippen molar-refractivity contribution in [3.05, 3.63) is 57.6 Å². The lowest BCUT2D eigenvalue weighted by atomic mass is 10.1. The number of ether oxygens (including phenoxy) is 3. The zero-order valence-corrected chi connectivity index (χ0v) is 18.1. The first-order valence-corrected chi connectivity index (χ1v) is 10.3. The van der Waals surface area contributed by atoms with Crippen molar-refractivity contribution in [2.45, 2.75) is 31.7 Å². The Morgan fingerprint density at radius 2 is 1.85 bits per heavy atom. The number of carbonyl (C=O) groups excluding carboxylic acids is 2. The van der Waals surface area contributed by atoms with E-state index in [0.717, 1.165) is 4.90 Å². The van der Waals surface area contributed by atoms with E-state index >= 15 is 0 Å². The number of nitro groups is 1. The Labute approximate surface area is 189 Å². The van der Waals surface area contributed by atoms with Crippen LogP contribution in [-0.4, -0.2) is 60.0 Å². The van der Waals surface area contributed by atoms with Gasteiger partial charge in [0.1, 0.15) is 6.61 Å². The number of hydrogen-bond donors (Lipinski definition) is 1. The minimum atomic E-state index is -1.33. The second-order valence-corrected chi connectivity index (χ2v) is 7.69. The fourth-order valence-electron chi connectivity index (χ4n) is 4.20. The highest BCUT2D eigenvalue weighted by atomic mass is 16.6. The molecule has 0 aliphatic carbocycles. The third-order valence-corrected chi connectivity index (χ3v) is 5.87. The van der Waals surface area contributed by atoms with Crippen molar-refractivity contribution >= 4 is 23.4 Å². The van der Waals surface area contributed by atoms with Crippen LogP contribution in [0.3, 0.4) is 0 Å². The standard InChI is InChI=1S/C22H23N3O8/c1-31-18-10-15-17(11-19(18)32-2)24(21(27)16-4-3-9-23(16)20(15)26)22(28)33-12-13-5-7-14(8-6-13)25(29)30/h5-8,10-11,16,21,27H,3-4,9,12H2,1-2H3/t16-,21-/m0/s1. The number of carbonyl (C=O) groups is 2. The minimum Gasteiger partial charge on any atom is -0.493 e. The second-order valence-electron chi connectivity index (χ2n) is 7.69. The number of fused-ring (bicyclic) bond motifs is 2. The highest BCUT2D eigenvalue weighted by molar-refractivity contribution is 6.06. The maximum absolute atomic E-state index is 13.3. The quantitative estimate of drug-likeness (QED) is 0.535. The summed E-state index contributed by atoms with van der Waals surface area (Å²) in [6.07, 6.45) is -0.973. The maximum Gasteiger partial charge on any atom is 0.416 e. The van der Waals surface area contributed by atoms with Gasteiger partial charge in [-0.25, -0.2) is 9.69 Å². The van der Waals surface area contributed by atoms with Gasteiger partial charge in [-0.15, -0.1) is 0 Å². The predicted molar refractivity (Wildman–Crippen MR) is 115 cm³/mol. The van der Waals surface area contributed by atoms with E-state index in [2.05, 4.69) is 0 Å². The zero-order chi connectivity index (χ0) is 23.7. The Morgan fingerprint density at radius 1 is 1.18 bits per heavy atom. The molecule has 1 fully saturated rings. The van der Waals surface area contributed by atoms with Crippen LogP contribution in [0, 0.1) is 10.1 Å².